The van der Waals surface area contributed by atoms with Crippen LogP contribution in [0.25, 0.3) is 9.88 Å². The molecule has 0 aliphatic carbocycles. The third-order valence-corrected chi connectivity index (χ3v) is 5.55. The summed E-state index contributed by atoms with van der Waals surface area (Å²) < 4.78 is 0. The highest BCUT2D eigenvalue weighted by atomic mass is 32.1. The maximum atomic E-state index is 12.5. The largest absolute Gasteiger partial charge is 0.480 e. The number of thiazole rings is 1. The molecule has 0 radical (unpaired) electrons. The maximum absolute atomic E-state index is 12.5. The summed E-state index contributed by atoms with van der Waals surface area (Å²) >= 11 is 2.98. The smallest absolute Gasteiger partial charge is 0.326 e. The number of carboxylic acid groups (broad SMARTS) is 1. The fourth-order valence-corrected chi connectivity index (χ4v) is 4.19. The molecule has 1 saturated heterocycles. The van der Waals surface area contributed by atoms with Gasteiger partial charge in [-0.1, -0.05) is 13.0 Å². The number of nitrogens with zero attached hydrogens (tertiary/aromatic N) is 2. The molecule has 110 valence electrons. The Hall–Kier alpha value is -1.73. The van der Waals surface area contributed by atoms with Crippen molar-refractivity contribution in [3.8, 4) is 9.88 Å². The average molecular weight is 322 g/mol. The first kappa shape index (κ1) is 14.2. The van der Waals surface area contributed by atoms with Crippen LogP contribution >= 0.6 is 22.7 Å². The fraction of sp³-hybridized carbons (Fsp3) is 0.357. The Labute approximate surface area is 129 Å². The molecule has 0 saturated carbocycles. The van der Waals surface area contributed by atoms with Crippen LogP contribution in [0.5, 0.6) is 0 Å². The Bertz CT molecular complexity index is 666. The van der Waals surface area contributed by atoms with E-state index in [2.05, 4.69) is 4.98 Å². The second-order valence-electron chi connectivity index (χ2n) is 5.06. The van der Waals surface area contributed by atoms with E-state index in [1.54, 1.807) is 16.7 Å². The van der Waals surface area contributed by atoms with Crippen LogP contribution in [0.4, 0.5) is 0 Å². The number of rotatable bonds is 3. The average Bonchev–Trinajstić information content (AvgIpc) is 3.17. The number of carboxylic acids is 1. The monoisotopic (exact) mass is 322 g/mol. The number of carbonyl (C=O) groups is 2. The summed E-state index contributed by atoms with van der Waals surface area (Å²) in [7, 11) is 0. The summed E-state index contributed by atoms with van der Waals surface area (Å²) in [5, 5.41) is 13.8. The van der Waals surface area contributed by atoms with E-state index in [-0.39, 0.29) is 11.8 Å². The molecular weight excluding hydrogens is 308 g/mol. The lowest BCUT2D eigenvalue weighted by Gasteiger charge is -2.22. The minimum Gasteiger partial charge on any atom is -0.480 e. The van der Waals surface area contributed by atoms with Crippen LogP contribution in [0.2, 0.25) is 0 Å². The molecule has 7 heteroatoms. The molecule has 0 aromatic carbocycles. The Balaban J connectivity index is 1.84. The fourth-order valence-electron chi connectivity index (χ4n) is 2.58. The summed E-state index contributed by atoms with van der Waals surface area (Å²) in [4.78, 5) is 30.6. The second-order valence-corrected chi connectivity index (χ2v) is 6.87. The van der Waals surface area contributed by atoms with Crippen LogP contribution in [-0.4, -0.2) is 39.5 Å². The van der Waals surface area contributed by atoms with Crippen LogP contribution in [0.3, 0.4) is 0 Å². The molecule has 1 aliphatic rings. The predicted molar refractivity (Wildman–Crippen MR) is 81.7 cm³/mol. The first-order chi connectivity index (χ1) is 10.1. The van der Waals surface area contributed by atoms with Gasteiger partial charge < -0.3 is 10.0 Å². The van der Waals surface area contributed by atoms with Gasteiger partial charge in [-0.3, -0.25) is 4.79 Å². The van der Waals surface area contributed by atoms with Crippen LogP contribution < -0.4 is 0 Å². The van der Waals surface area contributed by atoms with Crippen LogP contribution in [0.1, 0.15) is 23.8 Å². The zero-order valence-corrected chi connectivity index (χ0v) is 13.0. The first-order valence-electron chi connectivity index (χ1n) is 6.61. The molecule has 1 aliphatic heterocycles. The SMILES string of the molecule is CC1CCN(C(=O)c2csc(-c3cccs3)n2)C1C(=O)O. The summed E-state index contributed by atoms with van der Waals surface area (Å²) in [5.74, 6) is -1.25. The van der Waals surface area contributed by atoms with E-state index >= 15 is 0 Å². The minimum atomic E-state index is -0.943. The molecule has 1 amide bonds. The molecule has 2 aromatic heterocycles. The zero-order valence-electron chi connectivity index (χ0n) is 11.4. The van der Waals surface area contributed by atoms with Crippen LogP contribution in [-0.2, 0) is 4.79 Å². The normalized spacial score (nSPS) is 21.7. The lowest BCUT2D eigenvalue weighted by molar-refractivity contribution is -0.142. The van der Waals surface area contributed by atoms with Gasteiger partial charge in [-0.05, 0) is 23.8 Å². The molecule has 3 heterocycles. The molecule has 3 rings (SSSR count). The van der Waals surface area contributed by atoms with E-state index < -0.39 is 12.0 Å². The molecule has 1 fully saturated rings. The highest BCUT2D eigenvalue weighted by molar-refractivity contribution is 7.20. The number of amides is 1. The highest BCUT2D eigenvalue weighted by Gasteiger charge is 2.40. The van der Waals surface area contributed by atoms with Gasteiger partial charge in [-0.15, -0.1) is 22.7 Å². The van der Waals surface area contributed by atoms with Crippen LogP contribution in [0, 0.1) is 5.92 Å². The van der Waals surface area contributed by atoms with Crippen LogP contribution in [0.15, 0.2) is 22.9 Å². The molecular formula is C14H14N2O3S2. The maximum Gasteiger partial charge on any atom is 0.326 e. The standard InChI is InChI=1S/C14H14N2O3S2/c1-8-4-5-16(11(8)14(18)19)13(17)9-7-21-12(15-9)10-3-2-6-20-10/h2-3,6-8,11H,4-5H2,1H3,(H,18,19). The van der Waals surface area contributed by atoms with Crippen molar-refractivity contribution in [3.63, 3.8) is 0 Å². The van der Waals surface area contributed by atoms with E-state index in [0.717, 1.165) is 9.88 Å². The van der Waals surface area contributed by atoms with E-state index in [1.807, 2.05) is 24.4 Å². The number of carbonyl (C=O) groups excluding carboxylic acids is 1. The molecule has 0 bridgehead atoms. The van der Waals surface area contributed by atoms with Crippen molar-refractivity contribution >= 4 is 34.6 Å². The minimum absolute atomic E-state index is 0.0261. The van der Waals surface area contributed by atoms with E-state index in [4.69, 9.17) is 0 Å². The number of aliphatic carboxylic acids is 1. The number of hydrogen-bond acceptors (Lipinski definition) is 5. The van der Waals surface area contributed by atoms with E-state index in [9.17, 15) is 14.7 Å². The third kappa shape index (κ3) is 2.58. The molecule has 0 spiro atoms. The molecule has 2 aromatic rings. The van der Waals surface area contributed by atoms with Gasteiger partial charge in [0.15, 0.2) is 0 Å². The van der Waals surface area contributed by atoms with Gasteiger partial charge in [0.2, 0.25) is 0 Å². The number of hydrogen-bond donors (Lipinski definition) is 1. The lowest BCUT2D eigenvalue weighted by atomic mass is 10.0. The highest BCUT2D eigenvalue weighted by Crippen LogP contribution is 2.30. The van der Waals surface area contributed by atoms with Gasteiger partial charge in [0, 0.05) is 11.9 Å². The predicted octanol–water partition coefficient (Wildman–Crippen LogP) is 2.81. The summed E-state index contributed by atoms with van der Waals surface area (Å²) in [5.41, 5.74) is 0.337. The van der Waals surface area contributed by atoms with Crippen molar-refractivity contribution in [2.75, 3.05) is 6.54 Å². The molecule has 1 N–H and O–H groups in total. The Morgan fingerprint density at radius 2 is 2.24 bits per heavy atom. The quantitative estimate of drug-likeness (QED) is 0.943. The van der Waals surface area contributed by atoms with Gasteiger partial charge in [-0.25, -0.2) is 9.78 Å². The first-order valence-corrected chi connectivity index (χ1v) is 8.37. The number of aromatic nitrogens is 1. The number of thiophene rings is 1. The van der Waals surface area contributed by atoms with Crippen molar-refractivity contribution in [3.05, 3.63) is 28.6 Å². The van der Waals surface area contributed by atoms with Crippen molar-refractivity contribution < 1.29 is 14.7 Å². The molecule has 5 nitrogen and oxygen atoms in total. The van der Waals surface area contributed by atoms with Gasteiger partial charge in [0.05, 0.1) is 4.88 Å². The van der Waals surface area contributed by atoms with Crippen molar-refractivity contribution in [2.45, 2.75) is 19.4 Å². The van der Waals surface area contributed by atoms with Crippen molar-refractivity contribution in [1.82, 2.24) is 9.88 Å². The number of likely N-dealkylation sites (tertiary alicyclic amines) is 1. The van der Waals surface area contributed by atoms with Gasteiger partial charge in [0.1, 0.15) is 16.7 Å². The molecule has 21 heavy (non-hydrogen) atoms. The Kier molecular flexibility index (Phi) is 3.77. The van der Waals surface area contributed by atoms with Crippen molar-refractivity contribution in [2.24, 2.45) is 5.92 Å². The van der Waals surface area contributed by atoms with Gasteiger partial charge in [-0.2, -0.15) is 0 Å². The Morgan fingerprint density at radius 1 is 1.43 bits per heavy atom. The topological polar surface area (TPSA) is 70.5 Å². The van der Waals surface area contributed by atoms with E-state index in [0.29, 0.717) is 18.7 Å². The molecule has 2 unspecified atom stereocenters. The van der Waals surface area contributed by atoms with Crippen molar-refractivity contribution in [1.29, 1.82) is 0 Å². The summed E-state index contributed by atoms with van der Waals surface area (Å²) in [6.45, 7) is 2.34. The lowest BCUT2D eigenvalue weighted by Crippen LogP contribution is -2.42. The third-order valence-electron chi connectivity index (χ3n) is 3.67. The van der Waals surface area contributed by atoms with Gasteiger partial charge >= 0.3 is 5.97 Å². The Morgan fingerprint density at radius 3 is 2.90 bits per heavy atom. The molecule has 2 atom stereocenters. The summed E-state index contributed by atoms with van der Waals surface area (Å²) in [6, 6.07) is 3.14. The summed E-state index contributed by atoms with van der Waals surface area (Å²) in [6.07, 6.45) is 0.713. The zero-order chi connectivity index (χ0) is 15.0. The van der Waals surface area contributed by atoms with E-state index in [1.165, 1.54) is 16.2 Å². The van der Waals surface area contributed by atoms with Gasteiger partial charge in [0.25, 0.3) is 5.91 Å². The second kappa shape index (κ2) is 5.57.